The third-order valence-electron chi connectivity index (χ3n) is 3.78. The van der Waals surface area contributed by atoms with Crippen LogP contribution in [-0.2, 0) is 0 Å². The van der Waals surface area contributed by atoms with E-state index in [0.29, 0.717) is 6.04 Å². The molecule has 0 radical (unpaired) electrons. The second kappa shape index (κ2) is 9.62. The predicted octanol–water partition coefficient (Wildman–Crippen LogP) is 3.89. The molecule has 1 aliphatic heterocycles. The first-order valence-corrected chi connectivity index (χ1v) is 7.23. The van der Waals surface area contributed by atoms with E-state index in [1.807, 2.05) is 0 Å². The summed E-state index contributed by atoms with van der Waals surface area (Å²) in [6.07, 6.45) is 2.52. The third kappa shape index (κ3) is 5.25. The highest BCUT2D eigenvalue weighted by atomic mass is 35.5. The van der Waals surface area contributed by atoms with Crippen molar-refractivity contribution in [3.8, 4) is 0 Å². The highest BCUT2D eigenvalue weighted by Gasteiger charge is 2.21. The predicted molar refractivity (Wildman–Crippen MR) is 92.5 cm³/mol. The Morgan fingerprint density at radius 1 is 1.05 bits per heavy atom. The topological polar surface area (TPSA) is 15.3 Å². The van der Waals surface area contributed by atoms with Gasteiger partial charge in [0.25, 0.3) is 0 Å². The molecule has 116 valence electrons. The molecule has 1 fully saturated rings. The van der Waals surface area contributed by atoms with Gasteiger partial charge in [-0.2, -0.15) is 0 Å². The van der Waals surface area contributed by atoms with E-state index in [2.05, 4.69) is 49.2 Å². The van der Waals surface area contributed by atoms with Crippen molar-refractivity contribution in [2.45, 2.75) is 39.7 Å². The molecule has 0 unspecified atom stereocenters. The van der Waals surface area contributed by atoms with Gasteiger partial charge in [-0.25, -0.2) is 0 Å². The zero-order valence-electron chi connectivity index (χ0n) is 12.8. The summed E-state index contributed by atoms with van der Waals surface area (Å²) in [5, 5.41) is 3.44. The second-order valence-electron chi connectivity index (χ2n) is 5.51. The van der Waals surface area contributed by atoms with Crippen LogP contribution in [0.2, 0.25) is 0 Å². The summed E-state index contributed by atoms with van der Waals surface area (Å²) in [4.78, 5) is 2.65. The van der Waals surface area contributed by atoms with E-state index in [1.54, 1.807) is 0 Å². The van der Waals surface area contributed by atoms with E-state index in [0.717, 1.165) is 13.1 Å². The van der Waals surface area contributed by atoms with Gasteiger partial charge >= 0.3 is 0 Å². The average Bonchev–Trinajstić information content (AvgIpc) is 2.36. The van der Waals surface area contributed by atoms with Gasteiger partial charge in [0.05, 0.1) is 0 Å². The number of piperazine rings is 1. The lowest BCUT2D eigenvalue weighted by Crippen LogP contribution is -2.45. The number of nitrogens with one attached hydrogen (secondary N) is 1. The maximum Gasteiger partial charge on any atom is 0.0349 e. The Kier molecular flexibility index (Phi) is 9.48. The number of benzene rings is 1. The molecule has 0 bridgehead atoms. The number of hydrogen-bond acceptors (Lipinski definition) is 2. The molecule has 0 saturated carbocycles. The van der Waals surface area contributed by atoms with Crippen LogP contribution in [0, 0.1) is 13.8 Å². The number of nitrogens with zero attached hydrogens (tertiary/aromatic N) is 1. The van der Waals surface area contributed by atoms with Crippen molar-refractivity contribution in [2.75, 3.05) is 26.2 Å². The van der Waals surface area contributed by atoms with Crippen molar-refractivity contribution in [1.29, 1.82) is 0 Å². The summed E-state index contributed by atoms with van der Waals surface area (Å²) in [6.45, 7) is 11.3. The molecule has 0 amide bonds. The van der Waals surface area contributed by atoms with Crippen LogP contribution in [0.3, 0.4) is 0 Å². The quantitative estimate of drug-likeness (QED) is 0.906. The van der Waals surface area contributed by atoms with Gasteiger partial charge in [0, 0.05) is 32.2 Å². The van der Waals surface area contributed by atoms with E-state index in [9.17, 15) is 0 Å². The highest BCUT2D eigenvalue weighted by molar-refractivity contribution is 5.85. The lowest BCUT2D eigenvalue weighted by atomic mass is 9.96. The fraction of sp³-hybridized carbons (Fsp3) is 0.625. The molecule has 1 aromatic carbocycles. The minimum absolute atomic E-state index is 0. The molecule has 0 aliphatic carbocycles. The summed E-state index contributed by atoms with van der Waals surface area (Å²) < 4.78 is 0. The first-order valence-electron chi connectivity index (χ1n) is 7.23. The van der Waals surface area contributed by atoms with E-state index in [-0.39, 0.29) is 24.8 Å². The van der Waals surface area contributed by atoms with Gasteiger partial charge in [-0.1, -0.05) is 42.7 Å². The Hall–Kier alpha value is -0.280. The van der Waals surface area contributed by atoms with Crippen LogP contribution in [0.1, 0.15) is 42.5 Å². The van der Waals surface area contributed by atoms with Gasteiger partial charge in [0.2, 0.25) is 0 Å². The van der Waals surface area contributed by atoms with Gasteiger partial charge in [0.15, 0.2) is 0 Å². The van der Waals surface area contributed by atoms with Crippen molar-refractivity contribution in [2.24, 2.45) is 0 Å². The van der Waals surface area contributed by atoms with Crippen LogP contribution in [0.4, 0.5) is 0 Å². The Bertz CT molecular complexity index is 370. The van der Waals surface area contributed by atoms with E-state index < -0.39 is 0 Å². The molecule has 1 heterocycles. The number of aryl methyl sites for hydroxylation is 2. The average molecular weight is 319 g/mol. The smallest absolute Gasteiger partial charge is 0.0349 e. The van der Waals surface area contributed by atoms with E-state index >= 15 is 0 Å². The Balaban J connectivity index is 0.00000180. The minimum atomic E-state index is 0. The second-order valence-corrected chi connectivity index (χ2v) is 5.51. The maximum absolute atomic E-state index is 3.44. The van der Waals surface area contributed by atoms with Crippen molar-refractivity contribution in [3.63, 3.8) is 0 Å². The van der Waals surface area contributed by atoms with Crippen molar-refractivity contribution in [1.82, 2.24) is 10.2 Å². The standard InChI is InChI=1S/C16H26N2.2ClH/c1-4-5-16(18-8-6-17-7-9-18)15-11-13(2)10-14(3)12-15;;/h10-12,16-17H,4-9H2,1-3H3;2*1H/t16-;;/m0../s1. The molecule has 1 aliphatic rings. The van der Waals surface area contributed by atoms with Crippen molar-refractivity contribution < 1.29 is 0 Å². The zero-order chi connectivity index (χ0) is 13.0. The minimum Gasteiger partial charge on any atom is -0.314 e. The molecular weight excluding hydrogens is 291 g/mol. The summed E-state index contributed by atoms with van der Waals surface area (Å²) in [5.41, 5.74) is 4.29. The van der Waals surface area contributed by atoms with Gasteiger partial charge in [-0.05, 0) is 25.8 Å². The highest BCUT2D eigenvalue weighted by Crippen LogP contribution is 2.27. The number of rotatable bonds is 4. The largest absolute Gasteiger partial charge is 0.314 e. The van der Waals surface area contributed by atoms with Crippen LogP contribution in [0.25, 0.3) is 0 Å². The zero-order valence-corrected chi connectivity index (χ0v) is 14.4. The fourth-order valence-electron chi connectivity index (χ4n) is 3.03. The normalized spacial score (nSPS) is 16.9. The molecule has 1 aromatic rings. The number of halogens is 2. The van der Waals surface area contributed by atoms with E-state index in [4.69, 9.17) is 0 Å². The Morgan fingerprint density at radius 2 is 1.60 bits per heavy atom. The number of hydrogen-bond donors (Lipinski definition) is 1. The Labute approximate surface area is 136 Å². The van der Waals surface area contributed by atoms with Gasteiger partial charge < -0.3 is 5.32 Å². The van der Waals surface area contributed by atoms with Crippen LogP contribution < -0.4 is 5.32 Å². The summed E-state index contributed by atoms with van der Waals surface area (Å²) in [6, 6.07) is 7.62. The van der Waals surface area contributed by atoms with Gasteiger partial charge in [0.1, 0.15) is 0 Å². The molecule has 1 saturated heterocycles. The lowest BCUT2D eigenvalue weighted by molar-refractivity contribution is 0.164. The summed E-state index contributed by atoms with van der Waals surface area (Å²) >= 11 is 0. The molecule has 4 heteroatoms. The Morgan fingerprint density at radius 3 is 2.10 bits per heavy atom. The van der Waals surface area contributed by atoms with Crippen molar-refractivity contribution >= 4 is 24.8 Å². The first kappa shape index (κ1) is 19.7. The van der Waals surface area contributed by atoms with E-state index in [1.165, 1.54) is 42.6 Å². The molecule has 0 aromatic heterocycles. The van der Waals surface area contributed by atoms with Crippen LogP contribution in [-0.4, -0.2) is 31.1 Å². The summed E-state index contributed by atoms with van der Waals surface area (Å²) in [7, 11) is 0. The molecule has 1 atom stereocenters. The molecule has 2 nitrogen and oxygen atoms in total. The SMILES string of the molecule is CCC[C@@H](c1cc(C)cc(C)c1)N1CCNCC1.Cl.Cl. The first-order chi connectivity index (χ1) is 8.70. The third-order valence-corrected chi connectivity index (χ3v) is 3.78. The fourth-order valence-corrected chi connectivity index (χ4v) is 3.03. The lowest BCUT2D eigenvalue weighted by Gasteiger charge is -2.35. The molecule has 2 rings (SSSR count). The molecular formula is C16H28Cl2N2. The van der Waals surface area contributed by atoms with Gasteiger partial charge in [-0.3, -0.25) is 4.90 Å². The molecule has 20 heavy (non-hydrogen) atoms. The molecule has 1 N–H and O–H groups in total. The van der Waals surface area contributed by atoms with Crippen LogP contribution in [0.5, 0.6) is 0 Å². The summed E-state index contributed by atoms with van der Waals surface area (Å²) in [5.74, 6) is 0. The van der Waals surface area contributed by atoms with Gasteiger partial charge in [-0.15, -0.1) is 24.8 Å². The van der Waals surface area contributed by atoms with Crippen LogP contribution in [0.15, 0.2) is 18.2 Å². The molecule has 0 spiro atoms. The van der Waals surface area contributed by atoms with Crippen molar-refractivity contribution in [3.05, 3.63) is 34.9 Å². The monoisotopic (exact) mass is 318 g/mol. The maximum atomic E-state index is 3.44. The van der Waals surface area contributed by atoms with Crippen LogP contribution >= 0.6 is 24.8 Å².